The molecule has 3 amide bonds. The second-order valence-corrected chi connectivity index (χ2v) is 7.37. The monoisotopic (exact) mass is 371 g/mol. The van der Waals surface area contributed by atoms with Gasteiger partial charge in [-0.1, -0.05) is 12.1 Å². The van der Waals surface area contributed by atoms with Crippen LogP contribution >= 0.6 is 0 Å². The van der Waals surface area contributed by atoms with Crippen LogP contribution in [0.5, 0.6) is 0 Å². The summed E-state index contributed by atoms with van der Waals surface area (Å²) in [6, 6.07) is 7.39. The van der Waals surface area contributed by atoms with E-state index in [2.05, 4.69) is 5.32 Å². The van der Waals surface area contributed by atoms with E-state index in [4.69, 9.17) is 0 Å². The second-order valence-electron chi connectivity index (χ2n) is 7.37. The SMILES string of the molecule is Cc1cc(C(=O)CN2C(=O)NC(C)(C)C2=O)c(C)n1Cc1ccc(F)cc1. The van der Waals surface area contributed by atoms with Crippen molar-refractivity contribution in [1.82, 2.24) is 14.8 Å². The summed E-state index contributed by atoms with van der Waals surface area (Å²) >= 11 is 0. The molecular weight excluding hydrogens is 349 g/mol. The van der Waals surface area contributed by atoms with E-state index in [0.717, 1.165) is 21.9 Å². The Hall–Kier alpha value is -2.96. The van der Waals surface area contributed by atoms with Crippen molar-refractivity contribution in [3.63, 3.8) is 0 Å². The van der Waals surface area contributed by atoms with Crippen LogP contribution in [0.15, 0.2) is 30.3 Å². The summed E-state index contributed by atoms with van der Waals surface area (Å²) in [4.78, 5) is 38.0. The number of aromatic nitrogens is 1. The van der Waals surface area contributed by atoms with Gasteiger partial charge in [-0.25, -0.2) is 9.18 Å². The number of Topliss-reactive ketones (excluding diaryl/α,β-unsaturated/α-hetero) is 1. The molecule has 142 valence electrons. The molecule has 7 heteroatoms. The van der Waals surface area contributed by atoms with Crippen molar-refractivity contribution in [3.8, 4) is 0 Å². The number of aryl methyl sites for hydroxylation is 1. The number of hydrogen-bond donors (Lipinski definition) is 1. The van der Waals surface area contributed by atoms with Crippen LogP contribution in [-0.2, 0) is 11.3 Å². The normalized spacial score (nSPS) is 16.0. The van der Waals surface area contributed by atoms with Crippen LogP contribution in [0.1, 0.15) is 41.2 Å². The molecular formula is C20H22FN3O3. The van der Waals surface area contributed by atoms with Crippen LogP contribution in [0.3, 0.4) is 0 Å². The molecule has 1 saturated heterocycles. The number of carbonyl (C=O) groups excluding carboxylic acids is 3. The summed E-state index contributed by atoms with van der Waals surface area (Å²) in [5.74, 6) is -1.01. The zero-order valence-electron chi connectivity index (χ0n) is 15.8. The Labute approximate surface area is 157 Å². The predicted octanol–water partition coefficient (Wildman–Crippen LogP) is 2.81. The van der Waals surface area contributed by atoms with Gasteiger partial charge in [0.2, 0.25) is 0 Å². The molecule has 2 heterocycles. The molecule has 27 heavy (non-hydrogen) atoms. The Kier molecular flexibility index (Phi) is 4.63. The van der Waals surface area contributed by atoms with E-state index >= 15 is 0 Å². The van der Waals surface area contributed by atoms with E-state index in [9.17, 15) is 18.8 Å². The Morgan fingerprint density at radius 2 is 1.78 bits per heavy atom. The minimum Gasteiger partial charge on any atom is -0.344 e. The average Bonchev–Trinajstić information content (AvgIpc) is 2.98. The molecule has 0 atom stereocenters. The van der Waals surface area contributed by atoms with Gasteiger partial charge in [0, 0.05) is 23.5 Å². The van der Waals surface area contributed by atoms with Crippen molar-refractivity contribution < 1.29 is 18.8 Å². The van der Waals surface area contributed by atoms with E-state index in [-0.39, 0.29) is 18.1 Å². The van der Waals surface area contributed by atoms with Crippen molar-refractivity contribution >= 4 is 17.7 Å². The molecule has 1 aromatic carbocycles. The van der Waals surface area contributed by atoms with Gasteiger partial charge in [0.15, 0.2) is 5.78 Å². The van der Waals surface area contributed by atoms with E-state index < -0.39 is 17.5 Å². The van der Waals surface area contributed by atoms with Crippen molar-refractivity contribution in [2.75, 3.05) is 6.54 Å². The number of amides is 3. The zero-order valence-corrected chi connectivity index (χ0v) is 15.8. The molecule has 6 nitrogen and oxygen atoms in total. The van der Waals surface area contributed by atoms with Crippen LogP contribution in [0.4, 0.5) is 9.18 Å². The Morgan fingerprint density at radius 1 is 1.15 bits per heavy atom. The highest BCUT2D eigenvalue weighted by atomic mass is 19.1. The number of imide groups is 1. The fourth-order valence-corrected chi connectivity index (χ4v) is 3.29. The molecule has 1 aliphatic rings. The summed E-state index contributed by atoms with van der Waals surface area (Å²) in [7, 11) is 0. The summed E-state index contributed by atoms with van der Waals surface area (Å²) in [5.41, 5.74) is 2.00. The summed E-state index contributed by atoms with van der Waals surface area (Å²) < 4.78 is 15.0. The van der Waals surface area contributed by atoms with E-state index in [1.165, 1.54) is 12.1 Å². The largest absolute Gasteiger partial charge is 0.344 e. The Balaban J connectivity index is 1.81. The lowest BCUT2D eigenvalue weighted by atomic mass is 10.1. The molecule has 0 unspecified atom stereocenters. The van der Waals surface area contributed by atoms with Crippen LogP contribution in [0, 0.1) is 19.7 Å². The minimum atomic E-state index is -1.00. The molecule has 3 rings (SSSR count). The lowest BCUT2D eigenvalue weighted by molar-refractivity contribution is -0.129. The maximum Gasteiger partial charge on any atom is 0.325 e. The van der Waals surface area contributed by atoms with Crippen LogP contribution in [0.25, 0.3) is 0 Å². The van der Waals surface area contributed by atoms with Crippen LogP contribution in [0.2, 0.25) is 0 Å². The highest BCUT2D eigenvalue weighted by molar-refractivity contribution is 6.11. The highest BCUT2D eigenvalue weighted by Crippen LogP contribution is 2.21. The van der Waals surface area contributed by atoms with Gasteiger partial charge in [-0.3, -0.25) is 14.5 Å². The summed E-state index contributed by atoms with van der Waals surface area (Å²) in [6.07, 6.45) is 0. The first kappa shape index (κ1) is 18.8. The van der Waals surface area contributed by atoms with Gasteiger partial charge in [-0.2, -0.15) is 0 Å². The number of carbonyl (C=O) groups is 3. The molecule has 1 aromatic heterocycles. The smallest absolute Gasteiger partial charge is 0.325 e. The first-order valence-electron chi connectivity index (χ1n) is 8.68. The highest BCUT2D eigenvalue weighted by Gasteiger charge is 2.45. The standard InChI is InChI=1S/C20H22FN3O3/c1-12-9-16(13(2)23(12)10-14-5-7-15(21)8-6-14)17(25)11-24-18(26)20(3,4)22-19(24)27/h5-9H,10-11H2,1-4H3,(H,22,27). The lowest BCUT2D eigenvalue weighted by Crippen LogP contribution is -2.41. The molecule has 0 spiro atoms. The van der Waals surface area contributed by atoms with Gasteiger partial charge < -0.3 is 9.88 Å². The van der Waals surface area contributed by atoms with Crippen molar-refractivity contribution in [3.05, 3.63) is 58.7 Å². The maximum atomic E-state index is 13.1. The van der Waals surface area contributed by atoms with Crippen LogP contribution in [-0.4, -0.2) is 39.3 Å². The van der Waals surface area contributed by atoms with Crippen molar-refractivity contribution in [2.24, 2.45) is 0 Å². The first-order chi connectivity index (χ1) is 12.6. The fourth-order valence-electron chi connectivity index (χ4n) is 3.29. The molecule has 0 saturated carbocycles. The first-order valence-corrected chi connectivity index (χ1v) is 8.68. The lowest BCUT2D eigenvalue weighted by Gasteiger charge is -2.15. The molecule has 0 aliphatic carbocycles. The van der Waals surface area contributed by atoms with E-state index in [1.54, 1.807) is 32.0 Å². The third-order valence-corrected chi connectivity index (χ3v) is 4.87. The topological polar surface area (TPSA) is 71.4 Å². The zero-order chi connectivity index (χ0) is 19.9. The number of nitrogens with one attached hydrogen (secondary N) is 1. The third kappa shape index (κ3) is 3.49. The molecule has 0 bridgehead atoms. The minimum absolute atomic E-state index is 0.297. The fraction of sp³-hybridized carbons (Fsp3) is 0.350. The number of benzene rings is 1. The van der Waals surface area contributed by atoms with Gasteiger partial charge in [0.1, 0.15) is 11.4 Å². The average molecular weight is 371 g/mol. The summed E-state index contributed by atoms with van der Waals surface area (Å²) in [6.45, 7) is 7.11. The number of rotatable bonds is 5. The second kappa shape index (κ2) is 6.64. The van der Waals surface area contributed by atoms with E-state index in [1.807, 2.05) is 18.4 Å². The van der Waals surface area contributed by atoms with E-state index in [0.29, 0.717) is 12.1 Å². The number of nitrogens with zero attached hydrogens (tertiary/aromatic N) is 2. The van der Waals surface area contributed by atoms with Crippen molar-refractivity contribution in [1.29, 1.82) is 0 Å². The number of hydrogen-bond acceptors (Lipinski definition) is 3. The third-order valence-electron chi connectivity index (χ3n) is 4.87. The molecule has 0 radical (unpaired) electrons. The molecule has 1 aliphatic heterocycles. The number of halogens is 1. The molecule has 2 aromatic rings. The Morgan fingerprint density at radius 3 is 2.33 bits per heavy atom. The van der Waals surface area contributed by atoms with Gasteiger partial charge in [0.05, 0.1) is 6.54 Å². The van der Waals surface area contributed by atoms with Gasteiger partial charge in [-0.05, 0) is 51.5 Å². The Bertz CT molecular complexity index is 929. The summed E-state index contributed by atoms with van der Waals surface area (Å²) in [5, 5.41) is 2.57. The molecule has 1 N–H and O–H groups in total. The van der Waals surface area contributed by atoms with Crippen molar-refractivity contribution in [2.45, 2.75) is 39.8 Å². The van der Waals surface area contributed by atoms with Gasteiger partial charge >= 0.3 is 6.03 Å². The van der Waals surface area contributed by atoms with Gasteiger partial charge in [0.25, 0.3) is 5.91 Å². The number of urea groups is 1. The predicted molar refractivity (Wildman–Crippen MR) is 98.1 cm³/mol. The molecule has 1 fully saturated rings. The van der Waals surface area contributed by atoms with Crippen LogP contribution < -0.4 is 5.32 Å². The van der Waals surface area contributed by atoms with Gasteiger partial charge in [-0.15, -0.1) is 0 Å². The quantitative estimate of drug-likeness (QED) is 0.649. The maximum absolute atomic E-state index is 13.1. The number of ketones is 1.